The number of benzene rings is 2. The van der Waals surface area contributed by atoms with Gasteiger partial charge in [0.15, 0.2) is 5.78 Å². The zero-order valence-corrected chi connectivity index (χ0v) is 14.9. The summed E-state index contributed by atoms with van der Waals surface area (Å²) in [5, 5.41) is 0.0373. The van der Waals surface area contributed by atoms with Gasteiger partial charge in [-0.25, -0.2) is 0 Å². The predicted octanol–water partition coefficient (Wildman–Crippen LogP) is 5.13. The van der Waals surface area contributed by atoms with Crippen molar-refractivity contribution < 1.29 is 9.00 Å². The summed E-state index contributed by atoms with van der Waals surface area (Å²) in [6.07, 6.45) is 0. The fraction of sp³-hybridized carbons (Fsp3) is 0.133. The smallest absolute Gasteiger partial charge is 0.179 e. The summed E-state index contributed by atoms with van der Waals surface area (Å²) in [7, 11) is -1.44. The van der Waals surface area contributed by atoms with Gasteiger partial charge in [0.25, 0.3) is 0 Å². The lowest BCUT2D eigenvalue weighted by atomic mass is 10.1. The van der Waals surface area contributed by atoms with E-state index in [0.29, 0.717) is 15.5 Å². The molecule has 2 nitrogen and oxygen atoms in total. The van der Waals surface area contributed by atoms with E-state index in [1.54, 1.807) is 43.3 Å². The van der Waals surface area contributed by atoms with Crippen molar-refractivity contribution in [2.75, 3.05) is 0 Å². The number of halogens is 3. The van der Waals surface area contributed by atoms with E-state index in [1.807, 2.05) is 0 Å². The van der Waals surface area contributed by atoms with Crippen molar-refractivity contribution in [3.63, 3.8) is 0 Å². The molecule has 0 aliphatic carbocycles. The lowest BCUT2D eigenvalue weighted by Gasteiger charge is -2.12. The molecule has 6 heteroatoms. The number of hydrogen-bond acceptors (Lipinski definition) is 2. The maximum Gasteiger partial charge on any atom is 0.179 e. The van der Waals surface area contributed by atoms with Crippen molar-refractivity contribution in [2.45, 2.75) is 17.1 Å². The summed E-state index contributed by atoms with van der Waals surface area (Å²) in [5.41, 5.74) is 0.332. The Bertz CT molecular complexity index is 701. The summed E-state index contributed by atoms with van der Waals surface area (Å²) in [4.78, 5) is 13.0. The van der Waals surface area contributed by atoms with E-state index >= 15 is 0 Å². The first-order valence-corrected chi connectivity index (χ1v) is 8.81. The van der Waals surface area contributed by atoms with Crippen molar-refractivity contribution in [1.29, 1.82) is 0 Å². The molecule has 0 radical (unpaired) electrons. The first-order valence-electron chi connectivity index (χ1n) is 6.05. The minimum atomic E-state index is -1.44. The maximum atomic E-state index is 12.5. The van der Waals surface area contributed by atoms with Crippen LogP contribution in [0.25, 0.3) is 0 Å². The van der Waals surface area contributed by atoms with Crippen LogP contribution in [0.4, 0.5) is 0 Å². The molecule has 21 heavy (non-hydrogen) atoms. The molecular weight excluding hydrogens is 395 g/mol. The molecule has 2 rings (SSSR count). The van der Waals surface area contributed by atoms with Gasteiger partial charge >= 0.3 is 0 Å². The molecule has 2 aromatic carbocycles. The SMILES string of the molecule is CC(C(=O)c1ccc(Cl)cc1Cl)S(=O)c1ccc(Br)cc1. The quantitative estimate of drug-likeness (QED) is 0.660. The van der Waals surface area contributed by atoms with E-state index in [0.717, 1.165) is 4.47 Å². The predicted molar refractivity (Wildman–Crippen MR) is 90.8 cm³/mol. The van der Waals surface area contributed by atoms with Crippen molar-refractivity contribution in [3.05, 3.63) is 62.5 Å². The van der Waals surface area contributed by atoms with Gasteiger partial charge in [0.2, 0.25) is 0 Å². The molecule has 0 N–H and O–H groups in total. The van der Waals surface area contributed by atoms with E-state index in [2.05, 4.69) is 15.9 Å². The van der Waals surface area contributed by atoms with E-state index in [-0.39, 0.29) is 10.8 Å². The lowest BCUT2D eigenvalue weighted by molar-refractivity contribution is 0.0993. The topological polar surface area (TPSA) is 34.1 Å². The second-order valence-corrected chi connectivity index (χ2v) is 7.91. The van der Waals surface area contributed by atoms with Crippen LogP contribution in [0.5, 0.6) is 0 Å². The highest BCUT2D eigenvalue weighted by Crippen LogP contribution is 2.24. The molecule has 0 heterocycles. The van der Waals surface area contributed by atoms with Crippen molar-refractivity contribution in [2.24, 2.45) is 0 Å². The third-order valence-electron chi connectivity index (χ3n) is 2.93. The van der Waals surface area contributed by atoms with Crippen LogP contribution in [-0.2, 0) is 10.8 Å². The monoisotopic (exact) mass is 404 g/mol. The average molecular weight is 406 g/mol. The van der Waals surface area contributed by atoms with Crippen molar-refractivity contribution >= 4 is 55.7 Å². The van der Waals surface area contributed by atoms with Crippen LogP contribution >= 0.6 is 39.1 Å². The largest absolute Gasteiger partial charge is 0.293 e. The molecule has 2 aromatic rings. The highest BCUT2D eigenvalue weighted by molar-refractivity contribution is 9.10. The highest BCUT2D eigenvalue weighted by Gasteiger charge is 2.24. The molecule has 0 amide bonds. The summed E-state index contributed by atoms with van der Waals surface area (Å²) in [5.74, 6) is -0.266. The summed E-state index contributed by atoms with van der Waals surface area (Å²) in [6, 6.07) is 11.7. The summed E-state index contributed by atoms with van der Waals surface area (Å²) >= 11 is 15.2. The number of Topliss-reactive ketones (excluding diaryl/α,β-unsaturated/α-hetero) is 1. The molecule has 0 saturated carbocycles. The fourth-order valence-corrected chi connectivity index (χ4v) is 3.68. The highest BCUT2D eigenvalue weighted by atomic mass is 79.9. The molecule has 0 aromatic heterocycles. The van der Waals surface area contributed by atoms with Gasteiger partial charge < -0.3 is 0 Å². The second-order valence-electron chi connectivity index (χ2n) is 4.38. The van der Waals surface area contributed by atoms with Crippen LogP contribution in [0.2, 0.25) is 10.0 Å². The first kappa shape index (κ1) is 16.7. The first-order chi connectivity index (χ1) is 9.90. The number of hydrogen-bond donors (Lipinski definition) is 0. The van der Waals surface area contributed by atoms with Crippen molar-refractivity contribution in [3.8, 4) is 0 Å². The molecule has 0 aliphatic rings. The number of carbonyl (C=O) groups is 1. The molecule has 0 bridgehead atoms. The molecule has 2 atom stereocenters. The fourth-order valence-electron chi connectivity index (χ4n) is 1.78. The molecule has 0 aliphatic heterocycles. The van der Waals surface area contributed by atoms with Crippen LogP contribution < -0.4 is 0 Å². The zero-order chi connectivity index (χ0) is 15.6. The number of ketones is 1. The van der Waals surface area contributed by atoms with Gasteiger partial charge in [-0.15, -0.1) is 0 Å². The van der Waals surface area contributed by atoms with Gasteiger partial charge in [-0.1, -0.05) is 39.1 Å². The van der Waals surface area contributed by atoms with Crippen LogP contribution in [-0.4, -0.2) is 15.2 Å². The summed E-state index contributed by atoms with van der Waals surface area (Å²) in [6.45, 7) is 1.63. The van der Waals surface area contributed by atoms with E-state index < -0.39 is 16.0 Å². The Morgan fingerprint density at radius 3 is 2.33 bits per heavy atom. The van der Waals surface area contributed by atoms with Gasteiger partial charge in [-0.2, -0.15) is 0 Å². The van der Waals surface area contributed by atoms with Gasteiger partial charge in [-0.3, -0.25) is 9.00 Å². The number of carbonyl (C=O) groups excluding carboxylic acids is 1. The molecule has 0 fully saturated rings. The molecule has 2 unspecified atom stereocenters. The Labute approximate surface area is 144 Å². The minimum absolute atomic E-state index is 0.266. The third kappa shape index (κ3) is 3.95. The zero-order valence-electron chi connectivity index (χ0n) is 11.0. The van der Waals surface area contributed by atoms with Gasteiger partial charge in [0, 0.05) is 20.0 Å². The van der Waals surface area contributed by atoms with E-state index in [9.17, 15) is 9.00 Å². The Balaban J connectivity index is 2.26. The Hall–Kier alpha value is -0.680. The molecule has 110 valence electrons. The van der Waals surface area contributed by atoms with Crippen LogP contribution in [0.1, 0.15) is 17.3 Å². The van der Waals surface area contributed by atoms with E-state index in [4.69, 9.17) is 23.2 Å². The second kappa shape index (κ2) is 7.05. The Morgan fingerprint density at radius 1 is 1.14 bits per heavy atom. The Kier molecular flexibility index (Phi) is 5.60. The minimum Gasteiger partial charge on any atom is -0.293 e. The third-order valence-corrected chi connectivity index (χ3v) is 5.60. The molecular formula is C15H11BrCl2O2S. The van der Waals surface area contributed by atoms with E-state index in [1.165, 1.54) is 6.07 Å². The van der Waals surface area contributed by atoms with Crippen LogP contribution in [0, 0.1) is 0 Å². The van der Waals surface area contributed by atoms with Crippen LogP contribution in [0.15, 0.2) is 51.8 Å². The van der Waals surface area contributed by atoms with Crippen LogP contribution in [0.3, 0.4) is 0 Å². The normalized spacial score (nSPS) is 13.7. The maximum absolute atomic E-state index is 12.5. The Morgan fingerprint density at radius 2 is 1.76 bits per heavy atom. The van der Waals surface area contributed by atoms with Gasteiger partial charge in [-0.05, 0) is 49.4 Å². The summed E-state index contributed by atoms with van der Waals surface area (Å²) < 4.78 is 13.3. The van der Waals surface area contributed by atoms with Gasteiger partial charge in [0.05, 0.1) is 21.1 Å². The molecule has 0 spiro atoms. The average Bonchev–Trinajstić information content (AvgIpc) is 2.46. The van der Waals surface area contributed by atoms with Crippen molar-refractivity contribution in [1.82, 2.24) is 0 Å². The molecule has 0 saturated heterocycles. The van der Waals surface area contributed by atoms with Gasteiger partial charge in [0.1, 0.15) is 0 Å². The lowest BCUT2D eigenvalue weighted by Crippen LogP contribution is -2.23. The number of rotatable bonds is 4. The standard InChI is InChI=1S/C15H11BrCl2O2S/c1-9(21(20)12-5-2-10(16)3-6-12)15(19)13-7-4-11(17)8-14(13)18/h2-9H,1H3.